The molecule has 0 spiro atoms. The van der Waals surface area contributed by atoms with Gasteiger partial charge in [0.05, 0.1) is 18.8 Å². The predicted octanol–water partition coefficient (Wildman–Crippen LogP) is 3.09. The van der Waals surface area contributed by atoms with Crippen LogP contribution in [0.4, 0.5) is 0 Å². The fourth-order valence-corrected chi connectivity index (χ4v) is 2.70. The standard InChI is InChI=1S/C15H18N2O3S/c1-10-5-4-6-12(7-10)14-17-16-13(20-14)9-21-8-11(2)15(18)19-3/h4-7,11H,8-9H2,1-3H3. The van der Waals surface area contributed by atoms with Crippen molar-refractivity contribution in [1.29, 1.82) is 0 Å². The Labute approximate surface area is 128 Å². The summed E-state index contributed by atoms with van der Waals surface area (Å²) in [5, 5.41) is 8.09. The van der Waals surface area contributed by atoms with Gasteiger partial charge in [-0.2, -0.15) is 11.8 Å². The van der Waals surface area contributed by atoms with E-state index in [1.807, 2.05) is 38.1 Å². The molecule has 0 aliphatic rings. The largest absolute Gasteiger partial charge is 0.469 e. The van der Waals surface area contributed by atoms with Gasteiger partial charge in [0.25, 0.3) is 0 Å². The number of rotatable bonds is 6. The van der Waals surface area contributed by atoms with Crippen molar-refractivity contribution in [3.63, 3.8) is 0 Å². The van der Waals surface area contributed by atoms with Crippen LogP contribution in [-0.2, 0) is 15.3 Å². The molecule has 112 valence electrons. The Morgan fingerprint density at radius 1 is 1.43 bits per heavy atom. The maximum atomic E-state index is 11.3. The number of hydrogen-bond donors (Lipinski definition) is 0. The van der Waals surface area contributed by atoms with E-state index in [2.05, 4.69) is 14.9 Å². The minimum absolute atomic E-state index is 0.140. The number of ether oxygens (including phenoxy) is 1. The zero-order valence-electron chi connectivity index (χ0n) is 12.3. The molecule has 0 saturated heterocycles. The zero-order valence-corrected chi connectivity index (χ0v) is 13.1. The zero-order chi connectivity index (χ0) is 15.2. The fraction of sp³-hybridized carbons (Fsp3) is 0.400. The Morgan fingerprint density at radius 2 is 2.24 bits per heavy atom. The van der Waals surface area contributed by atoms with E-state index in [0.717, 1.165) is 11.1 Å². The number of nitrogens with zero attached hydrogens (tertiary/aromatic N) is 2. The smallest absolute Gasteiger partial charge is 0.309 e. The Bertz CT molecular complexity index is 612. The van der Waals surface area contributed by atoms with E-state index in [4.69, 9.17) is 4.42 Å². The molecule has 1 aromatic heterocycles. The highest BCUT2D eigenvalue weighted by atomic mass is 32.2. The molecular formula is C15H18N2O3S. The lowest BCUT2D eigenvalue weighted by Gasteiger charge is -2.06. The molecule has 1 heterocycles. The summed E-state index contributed by atoms with van der Waals surface area (Å²) in [6.07, 6.45) is 0. The predicted molar refractivity (Wildman–Crippen MR) is 81.8 cm³/mol. The average Bonchev–Trinajstić information content (AvgIpc) is 2.95. The normalized spacial score (nSPS) is 12.1. The van der Waals surface area contributed by atoms with Crippen molar-refractivity contribution < 1.29 is 13.9 Å². The topological polar surface area (TPSA) is 65.2 Å². The number of benzene rings is 1. The van der Waals surface area contributed by atoms with Gasteiger partial charge in [0.1, 0.15) is 0 Å². The lowest BCUT2D eigenvalue weighted by atomic mass is 10.1. The van der Waals surface area contributed by atoms with Crippen LogP contribution in [0, 0.1) is 12.8 Å². The first kappa shape index (κ1) is 15.6. The second-order valence-electron chi connectivity index (χ2n) is 4.81. The van der Waals surface area contributed by atoms with Crippen LogP contribution in [0.3, 0.4) is 0 Å². The van der Waals surface area contributed by atoms with Crippen LogP contribution in [0.25, 0.3) is 11.5 Å². The van der Waals surface area contributed by atoms with Gasteiger partial charge in [0.2, 0.25) is 11.8 Å². The number of thioether (sulfide) groups is 1. The molecule has 1 unspecified atom stereocenters. The second kappa shape index (κ2) is 7.26. The summed E-state index contributed by atoms with van der Waals surface area (Å²) in [6, 6.07) is 7.92. The molecule has 21 heavy (non-hydrogen) atoms. The summed E-state index contributed by atoms with van der Waals surface area (Å²) in [5.41, 5.74) is 2.07. The highest BCUT2D eigenvalue weighted by Gasteiger charge is 2.14. The molecule has 2 rings (SSSR count). The molecule has 5 nitrogen and oxygen atoms in total. The van der Waals surface area contributed by atoms with E-state index in [-0.39, 0.29) is 11.9 Å². The third-order valence-corrected chi connectivity index (χ3v) is 4.12. The van der Waals surface area contributed by atoms with Gasteiger partial charge in [0, 0.05) is 11.3 Å². The summed E-state index contributed by atoms with van der Waals surface area (Å²) in [5.74, 6) is 1.99. The van der Waals surface area contributed by atoms with Gasteiger partial charge >= 0.3 is 5.97 Å². The van der Waals surface area contributed by atoms with Gasteiger partial charge in [-0.05, 0) is 19.1 Å². The molecule has 1 aromatic carbocycles. The van der Waals surface area contributed by atoms with E-state index >= 15 is 0 Å². The number of carbonyl (C=O) groups is 1. The molecule has 0 aliphatic heterocycles. The van der Waals surface area contributed by atoms with Gasteiger partial charge in [0.15, 0.2) is 0 Å². The first-order valence-electron chi connectivity index (χ1n) is 6.65. The van der Waals surface area contributed by atoms with E-state index < -0.39 is 0 Å². The van der Waals surface area contributed by atoms with Crippen LogP contribution in [0.1, 0.15) is 18.4 Å². The van der Waals surface area contributed by atoms with Gasteiger partial charge in [-0.3, -0.25) is 4.79 Å². The maximum Gasteiger partial charge on any atom is 0.309 e. The molecule has 0 radical (unpaired) electrons. The lowest BCUT2D eigenvalue weighted by molar-refractivity contribution is -0.143. The van der Waals surface area contributed by atoms with Crippen LogP contribution in [0.2, 0.25) is 0 Å². The summed E-state index contributed by atoms with van der Waals surface area (Å²) in [7, 11) is 1.40. The lowest BCUT2D eigenvalue weighted by Crippen LogP contribution is -2.14. The van der Waals surface area contributed by atoms with Crippen molar-refractivity contribution in [1.82, 2.24) is 10.2 Å². The summed E-state index contributed by atoms with van der Waals surface area (Å²) >= 11 is 1.57. The maximum absolute atomic E-state index is 11.3. The van der Waals surface area contributed by atoms with E-state index in [1.165, 1.54) is 7.11 Å². The Balaban J connectivity index is 1.90. The summed E-state index contributed by atoms with van der Waals surface area (Å²) in [6.45, 7) is 3.86. The van der Waals surface area contributed by atoms with Gasteiger partial charge < -0.3 is 9.15 Å². The number of carbonyl (C=O) groups excluding carboxylic acids is 1. The Kier molecular flexibility index (Phi) is 5.38. The van der Waals surface area contributed by atoms with E-state index in [9.17, 15) is 4.79 Å². The van der Waals surface area contributed by atoms with Gasteiger partial charge in [-0.15, -0.1) is 10.2 Å². The number of aryl methyl sites for hydroxylation is 1. The van der Waals surface area contributed by atoms with Crippen molar-refractivity contribution in [2.45, 2.75) is 19.6 Å². The molecule has 0 N–H and O–H groups in total. The molecule has 0 bridgehead atoms. The molecule has 0 amide bonds. The van der Waals surface area contributed by atoms with Crippen molar-refractivity contribution >= 4 is 17.7 Å². The van der Waals surface area contributed by atoms with Crippen LogP contribution < -0.4 is 0 Å². The molecule has 0 saturated carbocycles. The molecule has 0 fully saturated rings. The minimum atomic E-state index is -0.200. The number of hydrogen-bond acceptors (Lipinski definition) is 6. The molecule has 2 aromatic rings. The Morgan fingerprint density at radius 3 is 2.95 bits per heavy atom. The van der Waals surface area contributed by atoms with Crippen LogP contribution in [0.5, 0.6) is 0 Å². The van der Waals surface area contributed by atoms with Crippen LogP contribution in [0.15, 0.2) is 28.7 Å². The quantitative estimate of drug-likeness (QED) is 0.764. The minimum Gasteiger partial charge on any atom is -0.469 e. The number of aromatic nitrogens is 2. The Hall–Kier alpha value is -1.82. The monoisotopic (exact) mass is 306 g/mol. The highest BCUT2D eigenvalue weighted by Crippen LogP contribution is 2.21. The fourth-order valence-electron chi connectivity index (χ4n) is 1.80. The first-order chi connectivity index (χ1) is 10.1. The third kappa shape index (κ3) is 4.32. The third-order valence-electron chi connectivity index (χ3n) is 2.93. The van der Waals surface area contributed by atoms with E-state index in [1.54, 1.807) is 11.8 Å². The SMILES string of the molecule is COC(=O)C(C)CSCc1nnc(-c2cccc(C)c2)o1. The van der Waals surface area contributed by atoms with Crippen LogP contribution >= 0.6 is 11.8 Å². The summed E-state index contributed by atoms with van der Waals surface area (Å²) < 4.78 is 10.3. The van der Waals surface area contributed by atoms with Crippen molar-refractivity contribution in [2.24, 2.45) is 5.92 Å². The van der Waals surface area contributed by atoms with Crippen LogP contribution in [-0.4, -0.2) is 29.0 Å². The van der Waals surface area contributed by atoms with Gasteiger partial charge in [-0.1, -0.05) is 24.6 Å². The molecule has 0 aliphatic carbocycles. The second-order valence-corrected chi connectivity index (χ2v) is 5.84. The highest BCUT2D eigenvalue weighted by molar-refractivity contribution is 7.98. The molecule has 1 atom stereocenters. The van der Waals surface area contributed by atoms with E-state index in [0.29, 0.717) is 23.3 Å². The molecule has 6 heteroatoms. The van der Waals surface area contributed by atoms with Crippen molar-refractivity contribution in [3.05, 3.63) is 35.7 Å². The van der Waals surface area contributed by atoms with Gasteiger partial charge in [-0.25, -0.2) is 0 Å². The first-order valence-corrected chi connectivity index (χ1v) is 7.80. The van der Waals surface area contributed by atoms with Crippen molar-refractivity contribution in [3.8, 4) is 11.5 Å². The number of methoxy groups -OCH3 is 1. The summed E-state index contributed by atoms with van der Waals surface area (Å²) in [4.78, 5) is 11.3. The average molecular weight is 306 g/mol. The molecular weight excluding hydrogens is 288 g/mol. The number of esters is 1. The van der Waals surface area contributed by atoms with Crippen molar-refractivity contribution in [2.75, 3.05) is 12.9 Å².